The van der Waals surface area contributed by atoms with Crippen molar-refractivity contribution in [2.24, 2.45) is 0 Å². The summed E-state index contributed by atoms with van der Waals surface area (Å²) >= 11 is 3.37. The van der Waals surface area contributed by atoms with Crippen LogP contribution >= 0.6 is 15.9 Å². The molecule has 0 radical (unpaired) electrons. The molecule has 3 heteroatoms. The third kappa shape index (κ3) is 4.29. The van der Waals surface area contributed by atoms with Crippen molar-refractivity contribution in [3.8, 4) is 0 Å². The van der Waals surface area contributed by atoms with E-state index in [2.05, 4.69) is 50.5 Å². The fraction of sp³-hybridized carbons (Fsp3) is 0.214. The van der Waals surface area contributed by atoms with E-state index in [1.807, 2.05) is 24.4 Å². The van der Waals surface area contributed by atoms with Crippen LogP contribution in [0, 0.1) is 0 Å². The van der Waals surface area contributed by atoms with Crippen LogP contribution in [0.4, 0.5) is 0 Å². The van der Waals surface area contributed by atoms with Gasteiger partial charge in [-0.25, -0.2) is 0 Å². The van der Waals surface area contributed by atoms with Gasteiger partial charge in [0.15, 0.2) is 0 Å². The molecule has 2 nitrogen and oxygen atoms in total. The maximum Gasteiger partial charge on any atom is 0.0542 e. The summed E-state index contributed by atoms with van der Waals surface area (Å²) in [4.78, 5) is 4.31. The summed E-state index contributed by atoms with van der Waals surface area (Å²) in [6.45, 7) is 1.79. The molecular formula is C14H15BrN2. The zero-order chi connectivity index (χ0) is 11.9. The number of nitrogens with one attached hydrogen (secondary N) is 1. The van der Waals surface area contributed by atoms with Crippen molar-refractivity contribution in [3.05, 3.63) is 64.4 Å². The highest BCUT2D eigenvalue weighted by Crippen LogP contribution is 2.07. The van der Waals surface area contributed by atoms with Gasteiger partial charge in [-0.2, -0.15) is 0 Å². The van der Waals surface area contributed by atoms with Gasteiger partial charge in [0, 0.05) is 17.2 Å². The fourth-order valence-electron chi connectivity index (χ4n) is 1.60. The first-order chi connectivity index (χ1) is 8.34. The van der Waals surface area contributed by atoms with Crippen LogP contribution in [0.5, 0.6) is 0 Å². The van der Waals surface area contributed by atoms with Crippen LogP contribution in [0.25, 0.3) is 0 Å². The number of hydrogen-bond acceptors (Lipinski definition) is 2. The highest BCUT2D eigenvalue weighted by Gasteiger charge is 1.95. The molecule has 0 atom stereocenters. The van der Waals surface area contributed by atoms with Crippen molar-refractivity contribution in [1.82, 2.24) is 10.3 Å². The van der Waals surface area contributed by atoms with Gasteiger partial charge in [-0.1, -0.05) is 30.3 Å². The van der Waals surface area contributed by atoms with Crippen molar-refractivity contribution in [2.45, 2.75) is 13.0 Å². The summed E-state index contributed by atoms with van der Waals surface area (Å²) in [6.07, 6.45) is 2.88. The SMILES string of the molecule is Brc1ccc(CNCCc2ccccc2)nc1. The topological polar surface area (TPSA) is 24.9 Å². The third-order valence-electron chi connectivity index (χ3n) is 2.53. The predicted octanol–water partition coefficient (Wildman–Crippen LogP) is 3.18. The maximum absolute atomic E-state index is 4.31. The first-order valence-electron chi connectivity index (χ1n) is 5.70. The predicted molar refractivity (Wildman–Crippen MR) is 73.8 cm³/mol. The van der Waals surface area contributed by atoms with Gasteiger partial charge < -0.3 is 5.32 Å². The average molecular weight is 291 g/mol. The van der Waals surface area contributed by atoms with Gasteiger partial charge in [-0.3, -0.25) is 4.98 Å². The van der Waals surface area contributed by atoms with Crippen molar-refractivity contribution in [3.63, 3.8) is 0 Å². The molecule has 0 unspecified atom stereocenters. The first kappa shape index (κ1) is 12.3. The molecule has 1 N–H and O–H groups in total. The Morgan fingerprint density at radius 1 is 1.06 bits per heavy atom. The molecule has 2 rings (SSSR count). The molecule has 0 saturated carbocycles. The Kier molecular flexibility index (Phi) is 4.71. The number of nitrogens with zero attached hydrogens (tertiary/aromatic N) is 1. The average Bonchev–Trinajstić information content (AvgIpc) is 2.38. The smallest absolute Gasteiger partial charge is 0.0542 e. The second-order valence-corrected chi connectivity index (χ2v) is 4.80. The Hall–Kier alpha value is -1.19. The van der Waals surface area contributed by atoms with Gasteiger partial charge in [0.25, 0.3) is 0 Å². The van der Waals surface area contributed by atoms with E-state index in [4.69, 9.17) is 0 Å². The van der Waals surface area contributed by atoms with E-state index in [1.165, 1.54) is 5.56 Å². The van der Waals surface area contributed by atoms with Crippen molar-refractivity contribution in [1.29, 1.82) is 0 Å². The number of pyridine rings is 1. The Balaban J connectivity index is 1.71. The number of rotatable bonds is 5. The van der Waals surface area contributed by atoms with Crippen molar-refractivity contribution >= 4 is 15.9 Å². The van der Waals surface area contributed by atoms with Crippen LogP contribution < -0.4 is 5.32 Å². The molecule has 0 spiro atoms. The number of aromatic nitrogens is 1. The number of halogens is 1. The van der Waals surface area contributed by atoms with Gasteiger partial charge in [0.05, 0.1) is 5.69 Å². The summed E-state index contributed by atoms with van der Waals surface area (Å²) in [5.74, 6) is 0. The second-order valence-electron chi connectivity index (χ2n) is 3.88. The van der Waals surface area contributed by atoms with E-state index < -0.39 is 0 Å². The quantitative estimate of drug-likeness (QED) is 0.856. The molecule has 1 aromatic heterocycles. The molecular weight excluding hydrogens is 276 g/mol. The largest absolute Gasteiger partial charge is 0.311 e. The Bertz CT molecular complexity index is 440. The molecule has 2 aromatic rings. The lowest BCUT2D eigenvalue weighted by atomic mass is 10.1. The fourth-order valence-corrected chi connectivity index (χ4v) is 1.84. The first-order valence-corrected chi connectivity index (χ1v) is 6.49. The third-order valence-corrected chi connectivity index (χ3v) is 3.00. The summed E-state index contributed by atoms with van der Waals surface area (Å²) < 4.78 is 1.02. The summed E-state index contributed by atoms with van der Waals surface area (Å²) in [5.41, 5.74) is 2.44. The van der Waals surface area contributed by atoms with E-state index in [1.54, 1.807) is 0 Å². The molecule has 0 bridgehead atoms. The van der Waals surface area contributed by atoms with E-state index in [0.29, 0.717) is 0 Å². The molecule has 0 saturated heterocycles. The van der Waals surface area contributed by atoms with Crippen molar-refractivity contribution < 1.29 is 0 Å². The van der Waals surface area contributed by atoms with E-state index in [-0.39, 0.29) is 0 Å². The number of benzene rings is 1. The van der Waals surface area contributed by atoms with Gasteiger partial charge in [0.1, 0.15) is 0 Å². The highest BCUT2D eigenvalue weighted by molar-refractivity contribution is 9.10. The minimum absolute atomic E-state index is 0.820. The summed E-state index contributed by atoms with van der Waals surface area (Å²) in [7, 11) is 0. The molecule has 17 heavy (non-hydrogen) atoms. The maximum atomic E-state index is 4.31. The lowest BCUT2D eigenvalue weighted by Gasteiger charge is -2.04. The highest BCUT2D eigenvalue weighted by atomic mass is 79.9. The van der Waals surface area contributed by atoms with Crippen LogP contribution in [-0.4, -0.2) is 11.5 Å². The molecule has 88 valence electrons. The van der Waals surface area contributed by atoms with Crippen LogP contribution in [0.3, 0.4) is 0 Å². The summed E-state index contributed by atoms with van der Waals surface area (Å²) in [6, 6.07) is 14.5. The van der Waals surface area contributed by atoms with Gasteiger partial charge in [-0.15, -0.1) is 0 Å². The van der Waals surface area contributed by atoms with Crippen LogP contribution in [-0.2, 0) is 13.0 Å². The number of hydrogen-bond donors (Lipinski definition) is 1. The molecule has 0 fully saturated rings. The van der Waals surface area contributed by atoms with Crippen molar-refractivity contribution in [2.75, 3.05) is 6.54 Å². The monoisotopic (exact) mass is 290 g/mol. The standard InChI is InChI=1S/C14H15BrN2/c15-13-6-7-14(17-10-13)11-16-9-8-12-4-2-1-3-5-12/h1-7,10,16H,8-9,11H2. The van der Waals surface area contributed by atoms with E-state index >= 15 is 0 Å². The summed E-state index contributed by atoms with van der Waals surface area (Å²) in [5, 5.41) is 3.39. The lowest BCUT2D eigenvalue weighted by Crippen LogP contribution is -2.17. The Morgan fingerprint density at radius 3 is 2.59 bits per heavy atom. The lowest BCUT2D eigenvalue weighted by molar-refractivity contribution is 0.674. The normalized spacial score (nSPS) is 10.4. The van der Waals surface area contributed by atoms with Crippen LogP contribution in [0.2, 0.25) is 0 Å². The van der Waals surface area contributed by atoms with Gasteiger partial charge in [0.2, 0.25) is 0 Å². The van der Waals surface area contributed by atoms with Crippen LogP contribution in [0.1, 0.15) is 11.3 Å². The van der Waals surface area contributed by atoms with Gasteiger partial charge in [-0.05, 0) is 46.6 Å². The Labute approximate surface area is 110 Å². The zero-order valence-corrected chi connectivity index (χ0v) is 11.2. The molecule has 0 aliphatic carbocycles. The molecule has 0 aliphatic heterocycles. The van der Waals surface area contributed by atoms with E-state index in [9.17, 15) is 0 Å². The molecule has 0 amide bonds. The Morgan fingerprint density at radius 2 is 1.88 bits per heavy atom. The van der Waals surface area contributed by atoms with Crippen LogP contribution in [0.15, 0.2) is 53.1 Å². The zero-order valence-electron chi connectivity index (χ0n) is 9.57. The molecule has 1 aromatic carbocycles. The van der Waals surface area contributed by atoms with E-state index in [0.717, 1.165) is 29.7 Å². The van der Waals surface area contributed by atoms with Gasteiger partial charge >= 0.3 is 0 Å². The minimum Gasteiger partial charge on any atom is -0.311 e. The molecule has 0 aliphatic rings. The second kappa shape index (κ2) is 6.52. The minimum atomic E-state index is 0.820. The molecule has 1 heterocycles.